The fourth-order valence-electron chi connectivity index (χ4n) is 4.78. The minimum atomic E-state index is -0.445. The van der Waals surface area contributed by atoms with Crippen molar-refractivity contribution in [2.24, 2.45) is 5.41 Å². The van der Waals surface area contributed by atoms with Crippen LogP contribution in [0.1, 0.15) is 54.2 Å². The van der Waals surface area contributed by atoms with Gasteiger partial charge in [-0.3, -0.25) is 9.59 Å². The molecule has 2 heterocycles. The molecule has 0 fully saturated rings. The maximum absolute atomic E-state index is 13.3. The molecule has 1 aromatic heterocycles. The van der Waals surface area contributed by atoms with Gasteiger partial charge in [0.1, 0.15) is 17.4 Å². The minimum absolute atomic E-state index is 0.0886. The minimum Gasteiger partial charge on any atom is -0.343 e. The Kier molecular flexibility index (Phi) is 5.13. The zero-order valence-corrected chi connectivity index (χ0v) is 19.5. The molecule has 33 heavy (non-hydrogen) atoms. The van der Waals surface area contributed by atoms with Gasteiger partial charge in [0, 0.05) is 28.4 Å². The molecule has 1 aliphatic heterocycles. The van der Waals surface area contributed by atoms with Crippen LogP contribution in [-0.4, -0.2) is 21.5 Å². The van der Waals surface area contributed by atoms with Gasteiger partial charge in [0.2, 0.25) is 0 Å². The number of fused-ring (bicyclic) bond motifs is 1. The Morgan fingerprint density at radius 3 is 2.73 bits per heavy atom. The molecule has 0 radical (unpaired) electrons. The van der Waals surface area contributed by atoms with Crippen LogP contribution in [0, 0.1) is 12.3 Å². The number of allylic oxidation sites excluding steroid dienone is 2. The first-order valence-electron chi connectivity index (χ1n) is 11.0. The van der Waals surface area contributed by atoms with Gasteiger partial charge in [-0.1, -0.05) is 49.7 Å². The van der Waals surface area contributed by atoms with Crippen molar-refractivity contribution in [1.82, 2.24) is 9.78 Å². The fraction of sp³-hybridized carbons (Fsp3) is 0.269. The number of Topliss-reactive ketones (excluding diaryl/α,β-unsaturated/α-hetero) is 1. The topological polar surface area (TPSA) is 76.0 Å². The molecule has 3 aromatic rings. The largest absolute Gasteiger partial charge is 0.343 e. The molecular weight excluding hydrogens is 436 g/mol. The summed E-state index contributed by atoms with van der Waals surface area (Å²) in [6.07, 6.45) is 2.72. The summed E-state index contributed by atoms with van der Waals surface area (Å²) in [5.74, 6) is 0.407. The molecule has 168 valence electrons. The van der Waals surface area contributed by atoms with E-state index >= 15 is 0 Å². The SMILES string of the molecule is Cc1cccc(NC(=O)c2cnn3c2NC2=C(C(=O)CC(C)(C)C2)C3c2cccc(Cl)c2)c1. The molecule has 0 saturated carbocycles. The Hall–Kier alpha value is -3.38. The molecule has 2 N–H and O–H groups in total. The first-order valence-corrected chi connectivity index (χ1v) is 11.3. The Balaban J connectivity index is 1.60. The van der Waals surface area contributed by atoms with Crippen LogP contribution < -0.4 is 10.6 Å². The van der Waals surface area contributed by atoms with E-state index in [-0.39, 0.29) is 17.1 Å². The second-order valence-corrected chi connectivity index (χ2v) is 10.0. The standard InChI is InChI=1S/C26H25ClN4O2/c1-15-6-4-9-18(10-15)29-25(33)19-14-28-31-23(16-7-5-8-17(27)11-16)22-20(30-24(19)31)12-26(2,3)13-21(22)32/h4-11,14,23,30H,12-13H2,1-3H3,(H,29,33). The molecular formula is C26H25ClN4O2. The molecule has 2 aliphatic rings. The molecule has 2 aromatic carbocycles. The highest BCUT2D eigenvalue weighted by molar-refractivity contribution is 6.30. The van der Waals surface area contributed by atoms with Crippen LogP contribution in [0.5, 0.6) is 0 Å². The van der Waals surface area contributed by atoms with Gasteiger partial charge in [0.05, 0.1) is 6.20 Å². The average molecular weight is 461 g/mol. The Morgan fingerprint density at radius 2 is 1.97 bits per heavy atom. The molecule has 5 rings (SSSR count). The van der Waals surface area contributed by atoms with Crippen LogP contribution in [0.25, 0.3) is 0 Å². The molecule has 0 saturated heterocycles. The van der Waals surface area contributed by atoms with Crippen molar-refractivity contribution in [3.8, 4) is 0 Å². The van der Waals surface area contributed by atoms with Crippen LogP contribution in [0.2, 0.25) is 5.02 Å². The van der Waals surface area contributed by atoms with Gasteiger partial charge in [0.25, 0.3) is 5.91 Å². The molecule has 6 nitrogen and oxygen atoms in total. The number of ketones is 1. The van der Waals surface area contributed by atoms with Gasteiger partial charge in [-0.2, -0.15) is 5.10 Å². The first kappa shape index (κ1) is 21.5. The van der Waals surface area contributed by atoms with E-state index in [1.165, 1.54) is 0 Å². The van der Waals surface area contributed by atoms with Crippen LogP contribution in [-0.2, 0) is 4.79 Å². The summed E-state index contributed by atoms with van der Waals surface area (Å²) in [4.78, 5) is 26.5. The average Bonchev–Trinajstić information content (AvgIpc) is 3.15. The summed E-state index contributed by atoms with van der Waals surface area (Å²) in [7, 11) is 0. The van der Waals surface area contributed by atoms with Gasteiger partial charge in [0.15, 0.2) is 5.78 Å². The number of aromatic nitrogens is 2. The second kappa shape index (κ2) is 7.89. The molecule has 1 unspecified atom stereocenters. The zero-order valence-electron chi connectivity index (χ0n) is 18.8. The summed E-state index contributed by atoms with van der Waals surface area (Å²) in [6, 6.07) is 14.7. The highest BCUT2D eigenvalue weighted by Gasteiger charge is 2.42. The summed E-state index contributed by atoms with van der Waals surface area (Å²) in [6.45, 7) is 6.15. The lowest BCUT2D eigenvalue weighted by atomic mass is 9.73. The highest BCUT2D eigenvalue weighted by Crippen LogP contribution is 2.46. The number of nitrogens with zero attached hydrogens (tertiary/aromatic N) is 2. The predicted octanol–water partition coefficient (Wildman–Crippen LogP) is 5.76. The van der Waals surface area contributed by atoms with Crippen molar-refractivity contribution in [1.29, 1.82) is 0 Å². The van der Waals surface area contributed by atoms with E-state index in [9.17, 15) is 9.59 Å². The Bertz CT molecular complexity index is 1320. The number of hydrogen-bond acceptors (Lipinski definition) is 4. The van der Waals surface area contributed by atoms with Crippen molar-refractivity contribution < 1.29 is 9.59 Å². The monoisotopic (exact) mass is 460 g/mol. The normalized spacial score (nSPS) is 18.9. The number of nitrogens with one attached hydrogen (secondary N) is 2. The van der Waals surface area contributed by atoms with E-state index in [2.05, 4.69) is 29.6 Å². The molecule has 1 atom stereocenters. The lowest BCUT2D eigenvalue weighted by Gasteiger charge is -2.39. The number of anilines is 2. The quantitative estimate of drug-likeness (QED) is 0.521. The third kappa shape index (κ3) is 3.95. The first-order chi connectivity index (χ1) is 15.7. The molecule has 1 amide bonds. The smallest absolute Gasteiger partial charge is 0.261 e. The summed E-state index contributed by atoms with van der Waals surface area (Å²) in [5.41, 5.74) is 4.42. The molecule has 1 aliphatic carbocycles. The van der Waals surface area contributed by atoms with Gasteiger partial charge < -0.3 is 10.6 Å². The zero-order chi connectivity index (χ0) is 23.3. The van der Waals surface area contributed by atoms with E-state index in [0.29, 0.717) is 34.8 Å². The van der Waals surface area contributed by atoms with Crippen molar-refractivity contribution >= 4 is 34.8 Å². The lowest BCUT2D eigenvalue weighted by molar-refractivity contribution is -0.118. The summed E-state index contributed by atoms with van der Waals surface area (Å²) in [5, 5.41) is 11.5. The number of carbonyl (C=O) groups excluding carboxylic acids is 2. The van der Waals surface area contributed by atoms with Crippen LogP contribution in [0.4, 0.5) is 11.5 Å². The number of hydrogen-bond donors (Lipinski definition) is 2. The molecule has 0 spiro atoms. The highest BCUT2D eigenvalue weighted by atomic mass is 35.5. The predicted molar refractivity (Wildman–Crippen MR) is 130 cm³/mol. The summed E-state index contributed by atoms with van der Waals surface area (Å²) >= 11 is 6.30. The van der Waals surface area contributed by atoms with Crippen LogP contribution in [0.3, 0.4) is 0 Å². The van der Waals surface area contributed by atoms with Crippen LogP contribution in [0.15, 0.2) is 66.0 Å². The van der Waals surface area contributed by atoms with E-state index in [4.69, 9.17) is 11.6 Å². The summed E-state index contributed by atoms with van der Waals surface area (Å²) < 4.78 is 1.73. The molecule has 7 heteroatoms. The van der Waals surface area contributed by atoms with E-state index < -0.39 is 6.04 Å². The van der Waals surface area contributed by atoms with Crippen molar-refractivity contribution in [3.05, 3.63) is 87.7 Å². The van der Waals surface area contributed by atoms with Gasteiger partial charge in [-0.25, -0.2) is 4.68 Å². The maximum Gasteiger partial charge on any atom is 0.261 e. The molecule has 0 bridgehead atoms. The Labute approximate surface area is 197 Å². The van der Waals surface area contributed by atoms with Gasteiger partial charge >= 0.3 is 0 Å². The van der Waals surface area contributed by atoms with Crippen molar-refractivity contribution in [2.45, 2.75) is 39.7 Å². The number of amides is 1. The van der Waals surface area contributed by atoms with E-state index in [1.807, 2.05) is 49.4 Å². The Morgan fingerprint density at radius 1 is 1.18 bits per heavy atom. The van der Waals surface area contributed by atoms with E-state index in [0.717, 1.165) is 22.5 Å². The second-order valence-electron chi connectivity index (χ2n) is 9.59. The third-order valence-electron chi connectivity index (χ3n) is 6.19. The van der Waals surface area contributed by atoms with Gasteiger partial charge in [-0.15, -0.1) is 0 Å². The third-order valence-corrected chi connectivity index (χ3v) is 6.42. The number of benzene rings is 2. The lowest BCUT2D eigenvalue weighted by Crippen LogP contribution is -2.37. The number of aryl methyl sites for hydroxylation is 1. The van der Waals surface area contributed by atoms with E-state index in [1.54, 1.807) is 16.9 Å². The van der Waals surface area contributed by atoms with Crippen LogP contribution >= 0.6 is 11.6 Å². The fourth-order valence-corrected chi connectivity index (χ4v) is 4.98. The maximum atomic E-state index is 13.3. The number of rotatable bonds is 3. The van der Waals surface area contributed by atoms with Crippen molar-refractivity contribution in [3.63, 3.8) is 0 Å². The van der Waals surface area contributed by atoms with Crippen molar-refractivity contribution in [2.75, 3.05) is 10.6 Å². The van der Waals surface area contributed by atoms with Gasteiger partial charge in [-0.05, 0) is 54.2 Å². The number of halogens is 1. The number of carbonyl (C=O) groups is 2.